The van der Waals surface area contributed by atoms with E-state index in [4.69, 9.17) is 9.47 Å². The highest BCUT2D eigenvalue weighted by Gasteiger charge is 2.19. The molecule has 138 valence electrons. The highest BCUT2D eigenvalue weighted by molar-refractivity contribution is 5.97. The van der Waals surface area contributed by atoms with Crippen molar-refractivity contribution in [1.29, 1.82) is 0 Å². The number of nitrogens with one attached hydrogen (secondary N) is 1. The number of ether oxygens (including phenoxy) is 2. The predicted molar refractivity (Wildman–Crippen MR) is 101 cm³/mol. The van der Waals surface area contributed by atoms with E-state index < -0.39 is 12.1 Å². The first kappa shape index (κ1) is 19.5. The van der Waals surface area contributed by atoms with Crippen LogP contribution >= 0.6 is 0 Å². The van der Waals surface area contributed by atoms with E-state index in [1.165, 1.54) is 0 Å². The van der Waals surface area contributed by atoms with E-state index in [-0.39, 0.29) is 5.91 Å². The highest BCUT2D eigenvalue weighted by Crippen LogP contribution is 2.15. The Labute approximate surface area is 154 Å². The van der Waals surface area contributed by atoms with Crippen LogP contribution < -0.4 is 10.1 Å². The van der Waals surface area contributed by atoms with E-state index in [9.17, 15) is 9.59 Å². The summed E-state index contributed by atoms with van der Waals surface area (Å²) in [5.74, 6) is 0.195. The molecule has 1 amide bonds. The monoisotopic (exact) mass is 355 g/mol. The number of rotatable bonds is 7. The molecule has 0 aliphatic carbocycles. The van der Waals surface area contributed by atoms with Crippen LogP contribution in [0.3, 0.4) is 0 Å². The molecule has 0 aromatic heterocycles. The molecule has 0 aliphatic rings. The van der Waals surface area contributed by atoms with Crippen LogP contribution in [0.1, 0.15) is 36.7 Å². The van der Waals surface area contributed by atoms with Crippen molar-refractivity contribution in [3.63, 3.8) is 0 Å². The lowest BCUT2D eigenvalue weighted by Gasteiger charge is -2.14. The molecule has 0 radical (unpaired) electrons. The Morgan fingerprint density at radius 1 is 1.04 bits per heavy atom. The number of aryl methyl sites for hydroxylation is 1. The maximum Gasteiger partial charge on any atom is 0.338 e. The minimum Gasteiger partial charge on any atom is -0.493 e. The summed E-state index contributed by atoms with van der Waals surface area (Å²) in [7, 11) is 0. The maximum absolute atomic E-state index is 12.2. The molecule has 2 aromatic rings. The van der Waals surface area contributed by atoms with Gasteiger partial charge < -0.3 is 14.8 Å². The van der Waals surface area contributed by atoms with Crippen molar-refractivity contribution in [2.24, 2.45) is 5.92 Å². The Hall–Kier alpha value is -2.82. The lowest BCUT2D eigenvalue weighted by atomic mass is 10.2. The summed E-state index contributed by atoms with van der Waals surface area (Å²) in [5.41, 5.74) is 2.08. The summed E-state index contributed by atoms with van der Waals surface area (Å²) in [6.07, 6.45) is -0.903. The Morgan fingerprint density at radius 2 is 1.73 bits per heavy atom. The quantitative estimate of drug-likeness (QED) is 0.756. The minimum absolute atomic E-state index is 0.372. The lowest BCUT2D eigenvalue weighted by molar-refractivity contribution is -0.123. The van der Waals surface area contributed by atoms with Gasteiger partial charge >= 0.3 is 5.97 Å². The summed E-state index contributed by atoms with van der Waals surface area (Å²) in [6, 6.07) is 14.1. The van der Waals surface area contributed by atoms with Crippen molar-refractivity contribution >= 4 is 17.6 Å². The van der Waals surface area contributed by atoms with E-state index in [0.29, 0.717) is 29.5 Å². The van der Waals surface area contributed by atoms with Gasteiger partial charge in [0, 0.05) is 5.69 Å². The molecule has 0 fully saturated rings. The second-order valence-electron chi connectivity index (χ2n) is 6.64. The fourth-order valence-electron chi connectivity index (χ4n) is 2.20. The van der Waals surface area contributed by atoms with Crippen molar-refractivity contribution in [1.82, 2.24) is 0 Å². The Kier molecular flexibility index (Phi) is 6.78. The van der Waals surface area contributed by atoms with Crippen LogP contribution in [0.15, 0.2) is 48.5 Å². The highest BCUT2D eigenvalue weighted by atomic mass is 16.5. The van der Waals surface area contributed by atoms with Gasteiger partial charge in [0.25, 0.3) is 5.91 Å². The molecule has 1 atom stereocenters. The molecule has 1 N–H and O–H groups in total. The average molecular weight is 355 g/mol. The van der Waals surface area contributed by atoms with Gasteiger partial charge in [-0.3, -0.25) is 4.79 Å². The molecule has 0 saturated heterocycles. The second-order valence-corrected chi connectivity index (χ2v) is 6.64. The van der Waals surface area contributed by atoms with Crippen molar-refractivity contribution in [2.75, 3.05) is 11.9 Å². The number of esters is 1. The molecule has 0 unspecified atom stereocenters. The van der Waals surface area contributed by atoms with Crippen molar-refractivity contribution in [2.45, 2.75) is 33.8 Å². The normalized spacial score (nSPS) is 11.7. The Morgan fingerprint density at radius 3 is 2.35 bits per heavy atom. The minimum atomic E-state index is -0.903. The number of hydrogen-bond donors (Lipinski definition) is 1. The molecular formula is C21H25NO4. The van der Waals surface area contributed by atoms with Crippen molar-refractivity contribution in [3.05, 3.63) is 59.7 Å². The Bertz CT molecular complexity index is 753. The summed E-state index contributed by atoms with van der Waals surface area (Å²) in [5, 5.41) is 2.74. The van der Waals surface area contributed by atoms with Crippen LogP contribution in [0.5, 0.6) is 5.75 Å². The van der Waals surface area contributed by atoms with Crippen LogP contribution in [0, 0.1) is 12.8 Å². The molecule has 26 heavy (non-hydrogen) atoms. The summed E-state index contributed by atoms with van der Waals surface area (Å²) >= 11 is 0. The summed E-state index contributed by atoms with van der Waals surface area (Å²) < 4.78 is 10.8. The number of benzene rings is 2. The van der Waals surface area contributed by atoms with Crippen LogP contribution in [0.25, 0.3) is 0 Å². The molecule has 5 heteroatoms. The average Bonchev–Trinajstić information content (AvgIpc) is 2.60. The van der Waals surface area contributed by atoms with Gasteiger partial charge in [0.2, 0.25) is 0 Å². The summed E-state index contributed by atoms with van der Waals surface area (Å²) in [6.45, 7) is 8.22. The number of anilines is 1. The molecule has 2 aromatic carbocycles. The lowest BCUT2D eigenvalue weighted by Crippen LogP contribution is -2.30. The number of carbonyl (C=O) groups is 2. The van der Waals surface area contributed by atoms with Gasteiger partial charge in [0.05, 0.1) is 12.2 Å². The van der Waals surface area contributed by atoms with Crippen LogP contribution in [-0.4, -0.2) is 24.6 Å². The third-order valence-electron chi connectivity index (χ3n) is 3.61. The van der Waals surface area contributed by atoms with Gasteiger partial charge in [-0.25, -0.2) is 4.79 Å². The Balaban J connectivity index is 1.90. The van der Waals surface area contributed by atoms with Crippen LogP contribution in [-0.2, 0) is 9.53 Å². The SMILES string of the molecule is Cc1cccc(NC(=O)[C@H](C)OC(=O)c2ccc(OCC(C)C)cc2)c1. The van der Waals surface area contributed by atoms with Gasteiger partial charge in [0.1, 0.15) is 5.75 Å². The first-order chi connectivity index (χ1) is 12.3. The maximum atomic E-state index is 12.2. The third kappa shape index (κ3) is 5.92. The molecule has 0 spiro atoms. The molecule has 0 heterocycles. The standard InChI is InChI=1S/C21H25NO4/c1-14(2)13-25-19-10-8-17(9-11-19)21(24)26-16(4)20(23)22-18-7-5-6-15(3)12-18/h5-12,14,16H,13H2,1-4H3,(H,22,23)/t16-/m0/s1. The summed E-state index contributed by atoms with van der Waals surface area (Å²) in [4.78, 5) is 24.4. The fraction of sp³-hybridized carbons (Fsp3) is 0.333. The first-order valence-electron chi connectivity index (χ1n) is 8.66. The van der Waals surface area contributed by atoms with Crippen LogP contribution in [0.2, 0.25) is 0 Å². The number of carbonyl (C=O) groups excluding carboxylic acids is 2. The molecule has 5 nitrogen and oxygen atoms in total. The number of hydrogen-bond acceptors (Lipinski definition) is 4. The molecule has 0 aliphatic heterocycles. The first-order valence-corrected chi connectivity index (χ1v) is 8.66. The second kappa shape index (κ2) is 9.04. The molecule has 2 rings (SSSR count). The van der Waals surface area contributed by atoms with E-state index in [1.807, 2.05) is 25.1 Å². The van der Waals surface area contributed by atoms with E-state index in [1.54, 1.807) is 37.3 Å². The molecular weight excluding hydrogens is 330 g/mol. The zero-order chi connectivity index (χ0) is 19.1. The van der Waals surface area contributed by atoms with Gasteiger partial charge in [-0.1, -0.05) is 26.0 Å². The smallest absolute Gasteiger partial charge is 0.338 e. The van der Waals surface area contributed by atoms with Crippen LogP contribution in [0.4, 0.5) is 5.69 Å². The van der Waals surface area contributed by atoms with E-state index in [2.05, 4.69) is 19.2 Å². The van der Waals surface area contributed by atoms with E-state index >= 15 is 0 Å². The van der Waals surface area contributed by atoms with E-state index in [0.717, 1.165) is 5.56 Å². The van der Waals surface area contributed by atoms with Gasteiger partial charge in [-0.15, -0.1) is 0 Å². The fourth-order valence-corrected chi connectivity index (χ4v) is 2.20. The zero-order valence-electron chi connectivity index (χ0n) is 15.6. The van der Waals surface area contributed by atoms with Crippen molar-refractivity contribution < 1.29 is 19.1 Å². The zero-order valence-corrected chi connectivity index (χ0v) is 15.6. The largest absolute Gasteiger partial charge is 0.493 e. The van der Waals surface area contributed by atoms with Gasteiger partial charge in [-0.05, 0) is 61.7 Å². The number of amides is 1. The van der Waals surface area contributed by atoms with Gasteiger partial charge in [0.15, 0.2) is 6.10 Å². The predicted octanol–water partition coefficient (Wildman–Crippen LogP) is 4.21. The molecule has 0 bridgehead atoms. The van der Waals surface area contributed by atoms with Gasteiger partial charge in [-0.2, -0.15) is 0 Å². The van der Waals surface area contributed by atoms with Crippen molar-refractivity contribution in [3.8, 4) is 5.75 Å². The third-order valence-corrected chi connectivity index (χ3v) is 3.61. The molecule has 0 saturated carbocycles. The topological polar surface area (TPSA) is 64.6 Å².